The van der Waals surface area contributed by atoms with Crippen molar-refractivity contribution in [1.29, 1.82) is 0 Å². The fourth-order valence-electron chi connectivity index (χ4n) is 2.14. The van der Waals surface area contributed by atoms with E-state index < -0.39 is 0 Å². The highest BCUT2D eigenvalue weighted by molar-refractivity contribution is 6.00. The van der Waals surface area contributed by atoms with E-state index in [0.717, 1.165) is 12.2 Å². The first kappa shape index (κ1) is 18.3. The highest BCUT2D eigenvalue weighted by atomic mass is 16.5. The molecule has 0 aromatic heterocycles. The van der Waals surface area contributed by atoms with Crippen molar-refractivity contribution in [2.75, 3.05) is 23.8 Å². The van der Waals surface area contributed by atoms with Crippen molar-refractivity contribution in [2.24, 2.45) is 0 Å². The Morgan fingerprint density at radius 2 is 1.44 bits per heavy atom. The molecule has 2 aromatic rings. The number of amides is 3. The molecule has 0 aliphatic heterocycles. The molecule has 2 rings (SSSR count). The second-order valence-electron chi connectivity index (χ2n) is 5.37. The molecule has 25 heavy (non-hydrogen) atoms. The first-order valence-electron chi connectivity index (χ1n) is 8.31. The van der Waals surface area contributed by atoms with Crippen LogP contribution in [0.15, 0.2) is 48.5 Å². The van der Waals surface area contributed by atoms with Crippen LogP contribution in [0.25, 0.3) is 0 Å². The molecular weight excluding hydrogens is 318 g/mol. The maximum Gasteiger partial charge on any atom is 0.323 e. The third-order valence-corrected chi connectivity index (χ3v) is 3.36. The second kappa shape index (κ2) is 9.32. The Hall–Kier alpha value is -3.02. The summed E-state index contributed by atoms with van der Waals surface area (Å²) >= 11 is 0. The van der Waals surface area contributed by atoms with Gasteiger partial charge in [0, 0.05) is 23.5 Å². The van der Waals surface area contributed by atoms with Crippen LogP contribution < -0.4 is 20.7 Å². The lowest BCUT2D eigenvalue weighted by Crippen LogP contribution is -2.24. The Bertz CT molecular complexity index is 697. The molecule has 0 saturated heterocycles. The van der Waals surface area contributed by atoms with Crippen LogP contribution in [0.1, 0.15) is 30.6 Å². The minimum Gasteiger partial charge on any atom is -0.494 e. The molecule has 0 saturated carbocycles. The van der Waals surface area contributed by atoms with Gasteiger partial charge in [0.15, 0.2) is 0 Å². The van der Waals surface area contributed by atoms with Gasteiger partial charge in [-0.05, 0) is 61.9 Å². The summed E-state index contributed by atoms with van der Waals surface area (Å²) < 4.78 is 5.36. The van der Waals surface area contributed by atoms with Crippen LogP contribution in [0.3, 0.4) is 0 Å². The van der Waals surface area contributed by atoms with E-state index in [1.54, 1.807) is 48.5 Å². The maximum absolute atomic E-state index is 12.0. The Morgan fingerprint density at radius 3 is 1.96 bits per heavy atom. The fourth-order valence-corrected chi connectivity index (χ4v) is 2.14. The minimum absolute atomic E-state index is 0.118. The zero-order valence-corrected chi connectivity index (χ0v) is 14.5. The van der Waals surface area contributed by atoms with Gasteiger partial charge in [0.2, 0.25) is 0 Å². The lowest BCUT2D eigenvalue weighted by molar-refractivity contribution is 0.0953. The number of ether oxygens (including phenoxy) is 1. The lowest BCUT2D eigenvalue weighted by atomic mass is 10.2. The molecule has 0 heterocycles. The highest BCUT2D eigenvalue weighted by Crippen LogP contribution is 2.16. The summed E-state index contributed by atoms with van der Waals surface area (Å²) in [7, 11) is 0. The molecule has 0 unspecified atom stereocenters. The molecular formula is C19H23N3O3. The second-order valence-corrected chi connectivity index (χ2v) is 5.37. The first-order valence-corrected chi connectivity index (χ1v) is 8.31. The van der Waals surface area contributed by atoms with Gasteiger partial charge in [-0.1, -0.05) is 6.92 Å². The van der Waals surface area contributed by atoms with Crippen LogP contribution in [0.4, 0.5) is 16.2 Å². The molecule has 0 fully saturated rings. The van der Waals surface area contributed by atoms with E-state index in [4.69, 9.17) is 4.74 Å². The normalized spacial score (nSPS) is 10.0. The summed E-state index contributed by atoms with van der Waals surface area (Å²) in [6.07, 6.45) is 0.886. The van der Waals surface area contributed by atoms with Gasteiger partial charge in [0.1, 0.15) is 5.75 Å². The number of carbonyl (C=O) groups is 2. The summed E-state index contributed by atoms with van der Waals surface area (Å²) in [4.78, 5) is 23.9. The van der Waals surface area contributed by atoms with Crippen molar-refractivity contribution in [3.63, 3.8) is 0 Å². The quantitative estimate of drug-likeness (QED) is 0.715. The van der Waals surface area contributed by atoms with Gasteiger partial charge >= 0.3 is 6.03 Å². The van der Waals surface area contributed by atoms with E-state index in [2.05, 4.69) is 16.0 Å². The molecule has 6 nitrogen and oxygen atoms in total. The topological polar surface area (TPSA) is 79.5 Å². The third-order valence-electron chi connectivity index (χ3n) is 3.36. The number of anilines is 2. The molecule has 0 spiro atoms. The van der Waals surface area contributed by atoms with Crippen LogP contribution in [0.2, 0.25) is 0 Å². The Morgan fingerprint density at radius 1 is 0.880 bits per heavy atom. The molecule has 2 aromatic carbocycles. The van der Waals surface area contributed by atoms with E-state index in [9.17, 15) is 9.59 Å². The zero-order chi connectivity index (χ0) is 18.1. The van der Waals surface area contributed by atoms with Crippen molar-refractivity contribution in [3.8, 4) is 5.75 Å². The number of benzene rings is 2. The monoisotopic (exact) mass is 341 g/mol. The predicted octanol–water partition coefficient (Wildman–Crippen LogP) is 3.87. The lowest BCUT2D eigenvalue weighted by Gasteiger charge is -2.09. The maximum atomic E-state index is 12.0. The van der Waals surface area contributed by atoms with Crippen LogP contribution in [-0.2, 0) is 0 Å². The molecule has 3 amide bonds. The first-order chi connectivity index (χ1) is 12.1. The van der Waals surface area contributed by atoms with Gasteiger partial charge in [-0.15, -0.1) is 0 Å². The number of hydrogen-bond donors (Lipinski definition) is 3. The van der Waals surface area contributed by atoms with Crippen LogP contribution in [0, 0.1) is 0 Å². The van der Waals surface area contributed by atoms with Crippen LogP contribution in [-0.4, -0.2) is 25.1 Å². The van der Waals surface area contributed by atoms with Crippen molar-refractivity contribution in [3.05, 3.63) is 54.1 Å². The fraction of sp³-hybridized carbons (Fsp3) is 0.263. The van der Waals surface area contributed by atoms with Gasteiger partial charge in [0.25, 0.3) is 5.91 Å². The number of carbonyl (C=O) groups excluding carboxylic acids is 2. The van der Waals surface area contributed by atoms with Crippen LogP contribution >= 0.6 is 0 Å². The highest BCUT2D eigenvalue weighted by Gasteiger charge is 2.06. The van der Waals surface area contributed by atoms with E-state index in [1.165, 1.54) is 0 Å². The van der Waals surface area contributed by atoms with Gasteiger partial charge in [-0.3, -0.25) is 4.79 Å². The summed E-state index contributed by atoms with van der Waals surface area (Å²) in [6.45, 7) is 5.15. The van der Waals surface area contributed by atoms with Gasteiger partial charge in [0.05, 0.1) is 6.61 Å². The molecule has 0 radical (unpaired) electrons. The third kappa shape index (κ3) is 5.84. The summed E-state index contributed by atoms with van der Waals surface area (Å²) in [5, 5.41) is 8.27. The largest absolute Gasteiger partial charge is 0.494 e. The van der Waals surface area contributed by atoms with Gasteiger partial charge < -0.3 is 20.7 Å². The summed E-state index contributed by atoms with van der Waals surface area (Å²) in [5.41, 5.74) is 1.83. The SMILES string of the molecule is CCCNC(=O)c1ccc(NC(=O)Nc2ccc(OCC)cc2)cc1. The predicted molar refractivity (Wildman–Crippen MR) is 99.3 cm³/mol. The van der Waals surface area contributed by atoms with Gasteiger partial charge in [-0.2, -0.15) is 0 Å². The Balaban J connectivity index is 1.88. The van der Waals surface area contributed by atoms with E-state index in [1.807, 2.05) is 13.8 Å². The number of rotatable bonds is 7. The number of urea groups is 1. The molecule has 0 aliphatic carbocycles. The summed E-state index contributed by atoms with van der Waals surface area (Å²) in [6, 6.07) is 13.5. The molecule has 0 atom stereocenters. The minimum atomic E-state index is -0.354. The van der Waals surface area contributed by atoms with E-state index in [-0.39, 0.29) is 11.9 Å². The van der Waals surface area contributed by atoms with E-state index >= 15 is 0 Å². The smallest absolute Gasteiger partial charge is 0.323 e. The molecule has 0 aliphatic rings. The van der Waals surface area contributed by atoms with Crippen molar-refractivity contribution < 1.29 is 14.3 Å². The average Bonchev–Trinajstić information content (AvgIpc) is 2.62. The van der Waals surface area contributed by atoms with Gasteiger partial charge in [-0.25, -0.2) is 4.79 Å². The zero-order valence-electron chi connectivity index (χ0n) is 14.5. The molecule has 3 N–H and O–H groups in total. The van der Waals surface area contributed by atoms with Crippen molar-refractivity contribution in [2.45, 2.75) is 20.3 Å². The number of hydrogen-bond acceptors (Lipinski definition) is 3. The molecule has 6 heteroatoms. The number of nitrogens with one attached hydrogen (secondary N) is 3. The molecule has 0 bridgehead atoms. The molecule has 132 valence electrons. The van der Waals surface area contributed by atoms with Crippen LogP contribution in [0.5, 0.6) is 5.75 Å². The summed E-state index contributed by atoms with van der Waals surface area (Å²) in [5.74, 6) is 0.637. The van der Waals surface area contributed by atoms with Crippen molar-refractivity contribution in [1.82, 2.24) is 5.32 Å². The van der Waals surface area contributed by atoms with Crippen molar-refractivity contribution >= 4 is 23.3 Å². The standard InChI is InChI=1S/C19H23N3O3/c1-3-13-20-18(23)14-5-7-15(8-6-14)21-19(24)22-16-9-11-17(12-10-16)25-4-2/h5-12H,3-4,13H2,1-2H3,(H,20,23)(H2,21,22,24). The van der Waals surface area contributed by atoms with E-state index in [0.29, 0.717) is 30.1 Å². The average molecular weight is 341 g/mol. The Labute approximate surface area is 147 Å². The Kier molecular flexibility index (Phi) is 6.83.